The van der Waals surface area contributed by atoms with Crippen LogP contribution >= 0.6 is 34.5 Å². The van der Waals surface area contributed by atoms with Gasteiger partial charge in [0, 0.05) is 13.1 Å². The van der Waals surface area contributed by atoms with Gasteiger partial charge in [-0.15, -0.1) is 29.6 Å². The number of hydrogen-bond acceptors (Lipinski definition) is 7. The van der Waals surface area contributed by atoms with Crippen molar-refractivity contribution in [3.8, 4) is 12.3 Å². The highest BCUT2D eigenvalue weighted by Crippen LogP contribution is 2.37. The fourth-order valence-electron chi connectivity index (χ4n) is 5.82. The van der Waals surface area contributed by atoms with Crippen LogP contribution in [0.2, 0.25) is 0 Å². The van der Waals surface area contributed by atoms with Gasteiger partial charge in [0.05, 0.1) is 40.6 Å². The fourth-order valence-corrected chi connectivity index (χ4v) is 7.00. The zero-order valence-electron chi connectivity index (χ0n) is 23.5. The number of hydrazine groups is 1. The third-order valence-corrected chi connectivity index (χ3v) is 9.65. The molecule has 0 spiro atoms. The molecule has 3 heterocycles. The Morgan fingerprint density at radius 2 is 1.95 bits per heavy atom. The summed E-state index contributed by atoms with van der Waals surface area (Å²) in [5, 5.41) is 5.61. The molecule has 3 aliphatic rings. The predicted octanol–water partition coefficient (Wildman–Crippen LogP) is 3.70. The molecule has 13 heteroatoms. The van der Waals surface area contributed by atoms with Crippen LogP contribution in [-0.4, -0.2) is 85.7 Å². The van der Waals surface area contributed by atoms with Crippen LogP contribution in [0, 0.1) is 12.3 Å². The number of hydrogen-bond donors (Lipinski definition) is 2. The average Bonchev–Trinajstić information content (AvgIpc) is 3.56. The van der Waals surface area contributed by atoms with E-state index in [4.69, 9.17) is 35.4 Å². The van der Waals surface area contributed by atoms with E-state index in [2.05, 4.69) is 16.2 Å². The SMILES string of the molecule is C#CCN(C(=O)NCC1=CC(Cl)C(Cl)C=C1)N1CC(=O)N2[C@@H](c3ccccc3)C(=O)N(Cc3cccc4sc(N)nc34)C[C@@H]21. The third kappa shape index (κ3) is 5.74. The number of fused-ring (bicyclic) bond motifs is 2. The lowest BCUT2D eigenvalue weighted by atomic mass is 10.00. The molecule has 3 N–H and O–H groups in total. The molecule has 1 aliphatic carbocycles. The van der Waals surface area contributed by atoms with Crippen molar-refractivity contribution in [1.82, 2.24) is 30.1 Å². The number of allylic oxidation sites excluding steroid dienone is 2. The first kappa shape index (κ1) is 30.0. The molecule has 2 aromatic carbocycles. The first-order valence-corrected chi connectivity index (χ1v) is 15.7. The minimum Gasteiger partial charge on any atom is -0.375 e. The maximum atomic E-state index is 14.1. The van der Waals surface area contributed by atoms with Crippen molar-refractivity contribution < 1.29 is 14.4 Å². The number of terminal acetylenes is 1. The van der Waals surface area contributed by atoms with Crippen LogP contribution in [0.4, 0.5) is 9.93 Å². The molecule has 4 amide bonds. The summed E-state index contributed by atoms with van der Waals surface area (Å²) in [7, 11) is 0. The van der Waals surface area contributed by atoms with Crippen LogP contribution in [0.25, 0.3) is 10.2 Å². The quantitative estimate of drug-likeness (QED) is 0.298. The first-order chi connectivity index (χ1) is 21.2. The van der Waals surface area contributed by atoms with Crippen molar-refractivity contribution in [2.75, 3.05) is 31.9 Å². The number of thiazole rings is 1. The number of benzene rings is 2. The third-order valence-electron chi connectivity index (χ3n) is 7.85. The Kier molecular flexibility index (Phi) is 8.51. The van der Waals surface area contributed by atoms with E-state index in [-0.39, 0.29) is 49.9 Å². The van der Waals surface area contributed by atoms with Crippen LogP contribution in [-0.2, 0) is 16.1 Å². The number of halogens is 2. The standard InChI is InChI=1S/C31H29Cl2N7O3S/c1-2-13-38(31(43)35-15-19-11-12-22(32)23(33)14-19)39-18-26(41)40-25(39)17-37(29(42)28(40)20-7-4-3-5-8-20)16-21-9-6-10-24-27(21)36-30(34)44-24/h1,3-12,14,22-23,25,28H,13,15-18H2,(H2,34,36)(H,35,43)/t22?,23?,25-,28+/m1/s1. The lowest BCUT2D eigenvalue weighted by Gasteiger charge is -2.46. The molecule has 2 fully saturated rings. The Morgan fingerprint density at radius 3 is 2.70 bits per heavy atom. The van der Waals surface area contributed by atoms with E-state index in [0.717, 1.165) is 21.4 Å². The predicted molar refractivity (Wildman–Crippen MR) is 171 cm³/mol. The highest BCUT2D eigenvalue weighted by Gasteiger charge is 2.52. The van der Waals surface area contributed by atoms with Gasteiger partial charge in [-0.05, 0) is 22.8 Å². The van der Waals surface area contributed by atoms with Crippen LogP contribution in [0.3, 0.4) is 0 Å². The Labute approximate surface area is 268 Å². The minimum absolute atomic E-state index is 0.0818. The van der Waals surface area contributed by atoms with E-state index in [9.17, 15) is 14.4 Å². The number of aromatic nitrogens is 1. The van der Waals surface area contributed by atoms with Crippen LogP contribution in [0.15, 0.2) is 72.3 Å². The highest BCUT2D eigenvalue weighted by molar-refractivity contribution is 7.22. The summed E-state index contributed by atoms with van der Waals surface area (Å²) < 4.78 is 0.921. The normalized spacial score (nSPS) is 23.4. The van der Waals surface area contributed by atoms with Gasteiger partial charge >= 0.3 is 6.03 Å². The largest absolute Gasteiger partial charge is 0.375 e. The summed E-state index contributed by atoms with van der Waals surface area (Å²) in [6.45, 7) is 0.386. The summed E-state index contributed by atoms with van der Waals surface area (Å²) in [4.78, 5) is 49.1. The Hall–Kier alpha value is -4.08. The number of nitrogen functional groups attached to an aromatic ring is 1. The van der Waals surface area contributed by atoms with Gasteiger partial charge in [0.15, 0.2) is 5.13 Å². The number of para-hydroxylation sites is 1. The van der Waals surface area contributed by atoms with Gasteiger partial charge < -0.3 is 20.9 Å². The second kappa shape index (κ2) is 12.5. The number of nitrogens with two attached hydrogens (primary N) is 1. The highest BCUT2D eigenvalue weighted by atomic mass is 35.5. The number of amides is 4. The molecule has 2 unspecified atom stereocenters. The maximum Gasteiger partial charge on any atom is 0.333 e. The number of alkyl halides is 2. The summed E-state index contributed by atoms with van der Waals surface area (Å²) >= 11 is 13.8. The number of carbonyl (C=O) groups is 3. The smallest absolute Gasteiger partial charge is 0.333 e. The van der Waals surface area contributed by atoms with Crippen molar-refractivity contribution in [2.45, 2.75) is 29.5 Å². The van der Waals surface area contributed by atoms with Gasteiger partial charge in [-0.1, -0.05) is 77.9 Å². The lowest BCUT2D eigenvalue weighted by molar-refractivity contribution is -0.158. The van der Waals surface area contributed by atoms with Gasteiger partial charge in [-0.3, -0.25) is 9.59 Å². The van der Waals surface area contributed by atoms with Crippen molar-refractivity contribution in [3.63, 3.8) is 0 Å². The van der Waals surface area contributed by atoms with Crippen molar-refractivity contribution >= 4 is 67.7 Å². The van der Waals surface area contributed by atoms with E-state index >= 15 is 0 Å². The Balaban J connectivity index is 1.31. The second-order valence-corrected chi connectivity index (χ2v) is 12.7. The van der Waals surface area contributed by atoms with Crippen molar-refractivity contribution in [1.29, 1.82) is 0 Å². The summed E-state index contributed by atoms with van der Waals surface area (Å²) in [6, 6.07) is 13.6. The van der Waals surface area contributed by atoms with E-state index in [0.29, 0.717) is 10.7 Å². The van der Waals surface area contributed by atoms with Crippen LogP contribution < -0.4 is 11.1 Å². The first-order valence-electron chi connectivity index (χ1n) is 14.0. The van der Waals surface area contributed by atoms with Crippen LogP contribution in [0.5, 0.6) is 0 Å². The van der Waals surface area contributed by atoms with E-state index in [1.165, 1.54) is 16.3 Å². The van der Waals surface area contributed by atoms with E-state index in [1.54, 1.807) is 27.0 Å². The molecule has 1 aromatic heterocycles. The minimum atomic E-state index is -0.885. The second-order valence-electron chi connectivity index (χ2n) is 10.6. The molecule has 2 saturated heterocycles. The summed E-state index contributed by atoms with van der Waals surface area (Å²) in [5.74, 6) is 2.04. The maximum absolute atomic E-state index is 14.1. The molecular formula is C31H29Cl2N7O3S. The zero-order chi connectivity index (χ0) is 31.0. The fraction of sp³-hybridized carbons (Fsp3) is 0.290. The molecule has 226 valence electrons. The number of anilines is 1. The topological polar surface area (TPSA) is 115 Å². The van der Waals surface area contributed by atoms with Gasteiger partial charge in [0.1, 0.15) is 12.2 Å². The van der Waals surface area contributed by atoms with Gasteiger partial charge in [-0.2, -0.15) is 5.01 Å². The molecule has 0 bridgehead atoms. The molecule has 6 rings (SSSR count). The van der Waals surface area contributed by atoms with Crippen molar-refractivity contribution in [3.05, 3.63) is 83.5 Å². The molecular weight excluding hydrogens is 621 g/mol. The number of rotatable bonds is 7. The van der Waals surface area contributed by atoms with Gasteiger partial charge in [0.2, 0.25) is 5.91 Å². The molecule has 44 heavy (non-hydrogen) atoms. The van der Waals surface area contributed by atoms with E-state index < -0.39 is 23.6 Å². The Bertz CT molecular complexity index is 1700. The monoisotopic (exact) mass is 649 g/mol. The summed E-state index contributed by atoms with van der Waals surface area (Å²) in [5.41, 5.74) is 9.04. The van der Waals surface area contributed by atoms with Gasteiger partial charge in [0.25, 0.3) is 5.91 Å². The molecule has 10 nitrogen and oxygen atoms in total. The Morgan fingerprint density at radius 1 is 1.16 bits per heavy atom. The zero-order valence-corrected chi connectivity index (χ0v) is 25.8. The number of carbonyl (C=O) groups excluding carboxylic acids is 3. The number of nitrogens with one attached hydrogen (secondary N) is 1. The molecule has 3 aromatic rings. The molecule has 2 aliphatic heterocycles. The van der Waals surface area contributed by atoms with Crippen molar-refractivity contribution in [2.24, 2.45) is 0 Å². The van der Waals surface area contributed by atoms with Crippen LogP contribution in [0.1, 0.15) is 17.2 Å². The number of urea groups is 1. The number of nitrogens with zero attached hydrogens (tertiary/aromatic N) is 5. The molecule has 0 radical (unpaired) electrons. The lowest BCUT2D eigenvalue weighted by Crippen LogP contribution is -2.63. The van der Waals surface area contributed by atoms with E-state index in [1.807, 2.05) is 54.6 Å². The summed E-state index contributed by atoms with van der Waals surface area (Å²) in [6.07, 6.45) is 10.4. The molecule has 4 atom stereocenters. The van der Waals surface area contributed by atoms with Gasteiger partial charge in [-0.25, -0.2) is 14.8 Å². The number of piperazine rings is 1. The molecule has 0 saturated carbocycles. The average molecular weight is 651 g/mol.